The van der Waals surface area contributed by atoms with E-state index >= 15 is 0 Å². The van der Waals surface area contributed by atoms with Crippen LogP contribution in [0.1, 0.15) is 57.4 Å². The van der Waals surface area contributed by atoms with Crippen LogP contribution in [-0.4, -0.2) is 14.2 Å². The third-order valence-electron chi connectivity index (χ3n) is 3.52. The second-order valence-corrected chi connectivity index (χ2v) is 5.06. The Morgan fingerprint density at radius 1 is 0.789 bits per heavy atom. The molecular formula is C17H28O2. The Morgan fingerprint density at radius 3 is 2.05 bits per heavy atom. The van der Waals surface area contributed by atoms with E-state index < -0.39 is 0 Å². The predicted molar refractivity (Wildman–Crippen MR) is 81.2 cm³/mol. The molecule has 2 heteroatoms. The number of hydrogen-bond acceptors (Lipinski definition) is 2. The van der Waals surface area contributed by atoms with Crippen LogP contribution in [0.2, 0.25) is 0 Å². The Labute approximate surface area is 118 Å². The normalized spacial score (nSPS) is 10.5. The molecule has 0 aliphatic heterocycles. The van der Waals surface area contributed by atoms with Gasteiger partial charge in [-0.25, -0.2) is 0 Å². The summed E-state index contributed by atoms with van der Waals surface area (Å²) in [5.74, 6) is 1.65. The minimum absolute atomic E-state index is 0.811. The summed E-state index contributed by atoms with van der Waals surface area (Å²) in [7, 11) is 3.36. The van der Waals surface area contributed by atoms with Crippen LogP contribution >= 0.6 is 0 Å². The average molecular weight is 264 g/mol. The van der Waals surface area contributed by atoms with Gasteiger partial charge in [0.15, 0.2) is 11.5 Å². The lowest BCUT2D eigenvalue weighted by atomic mass is 10.0. The monoisotopic (exact) mass is 264 g/mol. The molecule has 2 nitrogen and oxygen atoms in total. The molecule has 0 saturated heterocycles. The molecule has 0 N–H and O–H groups in total. The third kappa shape index (κ3) is 6.00. The zero-order valence-corrected chi connectivity index (χ0v) is 12.7. The Balaban J connectivity index is 2.26. The fraction of sp³-hybridized carbons (Fsp3) is 0.647. The summed E-state index contributed by atoms with van der Waals surface area (Å²) >= 11 is 0. The molecule has 0 heterocycles. The molecule has 0 aliphatic rings. The molecule has 1 rings (SSSR count). The highest BCUT2D eigenvalue weighted by Gasteiger charge is 2.04. The number of ether oxygens (including phenoxy) is 2. The molecule has 0 unspecified atom stereocenters. The van der Waals surface area contributed by atoms with Crippen LogP contribution in [-0.2, 0) is 6.42 Å². The molecule has 1 aromatic carbocycles. The summed E-state index contributed by atoms with van der Waals surface area (Å²) in [5.41, 5.74) is 1.34. The fourth-order valence-electron chi connectivity index (χ4n) is 2.32. The van der Waals surface area contributed by atoms with Crippen molar-refractivity contribution in [3.63, 3.8) is 0 Å². The largest absolute Gasteiger partial charge is 0.493 e. The highest BCUT2D eigenvalue weighted by molar-refractivity contribution is 5.42. The van der Waals surface area contributed by atoms with Gasteiger partial charge in [0.2, 0.25) is 0 Å². The standard InChI is InChI=1S/C17H28O2/c1-4-5-6-7-8-9-10-11-15-12-13-16(18-2)17(14-15)19-3/h12-14H,4-11H2,1-3H3. The van der Waals surface area contributed by atoms with Crippen molar-refractivity contribution in [1.82, 2.24) is 0 Å². The summed E-state index contributed by atoms with van der Waals surface area (Å²) in [6.07, 6.45) is 10.6. The van der Waals surface area contributed by atoms with Gasteiger partial charge in [-0.2, -0.15) is 0 Å². The van der Waals surface area contributed by atoms with Crippen LogP contribution in [0, 0.1) is 0 Å². The van der Waals surface area contributed by atoms with Crippen molar-refractivity contribution in [2.45, 2.75) is 58.3 Å². The lowest BCUT2D eigenvalue weighted by Gasteiger charge is -2.09. The van der Waals surface area contributed by atoms with Crippen molar-refractivity contribution in [2.24, 2.45) is 0 Å². The van der Waals surface area contributed by atoms with Gasteiger partial charge >= 0.3 is 0 Å². The number of unbranched alkanes of at least 4 members (excludes halogenated alkanes) is 6. The molecular weight excluding hydrogens is 236 g/mol. The zero-order chi connectivity index (χ0) is 13.9. The number of methoxy groups -OCH3 is 2. The van der Waals surface area contributed by atoms with E-state index in [0.717, 1.165) is 17.9 Å². The topological polar surface area (TPSA) is 18.5 Å². The maximum absolute atomic E-state index is 5.32. The van der Waals surface area contributed by atoms with Gasteiger partial charge in [0.25, 0.3) is 0 Å². The first-order valence-corrected chi connectivity index (χ1v) is 7.52. The first kappa shape index (κ1) is 15.9. The molecule has 0 saturated carbocycles. The maximum atomic E-state index is 5.32. The zero-order valence-electron chi connectivity index (χ0n) is 12.7. The van der Waals surface area contributed by atoms with Gasteiger partial charge in [0.05, 0.1) is 14.2 Å². The molecule has 0 amide bonds. The van der Waals surface area contributed by atoms with Crippen LogP contribution in [0.4, 0.5) is 0 Å². The SMILES string of the molecule is CCCCCCCCCc1ccc(OC)c(OC)c1. The van der Waals surface area contributed by atoms with E-state index in [9.17, 15) is 0 Å². The van der Waals surface area contributed by atoms with Crippen molar-refractivity contribution < 1.29 is 9.47 Å². The van der Waals surface area contributed by atoms with Gasteiger partial charge in [-0.1, -0.05) is 51.5 Å². The molecule has 0 spiro atoms. The average Bonchev–Trinajstić information content (AvgIpc) is 2.46. The second kappa shape index (κ2) is 9.71. The van der Waals surface area contributed by atoms with Crippen LogP contribution < -0.4 is 9.47 Å². The summed E-state index contributed by atoms with van der Waals surface area (Å²) in [4.78, 5) is 0. The summed E-state index contributed by atoms with van der Waals surface area (Å²) < 4.78 is 10.6. The van der Waals surface area contributed by atoms with Crippen LogP contribution in [0.5, 0.6) is 11.5 Å². The molecule has 19 heavy (non-hydrogen) atoms. The van der Waals surface area contributed by atoms with Gasteiger partial charge in [-0.15, -0.1) is 0 Å². The van der Waals surface area contributed by atoms with Gasteiger partial charge in [0, 0.05) is 0 Å². The molecule has 108 valence electrons. The quantitative estimate of drug-likeness (QED) is 0.554. The smallest absolute Gasteiger partial charge is 0.160 e. The molecule has 0 radical (unpaired) electrons. The maximum Gasteiger partial charge on any atom is 0.160 e. The van der Waals surface area contributed by atoms with Crippen LogP contribution in [0.25, 0.3) is 0 Å². The number of rotatable bonds is 10. The highest BCUT2D eigenvalue weighted by atomic mass is 16.5. The van der Waals surface area contributed by atoms with Crippen LogP contribution in [0.3, 0.4) is 0 Å². The first-order chi connectivity index (χ1) is 9.31. The van der Waals surface area contributed by atoms with Gasteiger partial charge in [-0.3, -0.25) is 0 Å². The predicted octanol–water partition coefficient (Wildman–Crippen LogP) is 5.00. The van der Waals surface area contributed by atoms with Crippen molar-refractivity contribution in [1.29, 1.82) is 0 Å². The first-order valence-electron chi connectivity index (χ1n) is 7.52. The minimum Gasteiger partial charge on any atom is -0.493 e. The molecule has 0 aromatic heterocycles. The minimum atomic E-state index is 0.811. The summed E-state index contributed by atoms with van der Waals surface area (Å²) in [6.45, 7) is 2.26. The third-order valence-corrected chi connectivity index (χ3v) is 3.52. The van der Waals surface area contributed by atoms with Crippen molar-refractivity contribution >= 4 is 0 Å². The van der Waals surface area contributed by atoms with E-state index in [-0.39, 0.29) is 0 Å². The molecule has 0 atom stereocenters. The van der Waals surface area contributed by atoms with Gasteiger partial charge in [0.1, 0.15) is 0 Å². The summed E-state index contributed by atoms with van der Waals surface area (Å²) in [6, 6.07) is 6.23. The van der Waals surface area contributed by atoms with Crippen molar-refractivity contribution in [3.8, 4) is 11.5 Å². The Bertz CT molecular complexity index is 347. The molecule has 1 aromatic rings. The highest BCUT2D eigenvalue weighted by Crippen LogP contribution is 2.28. The van der Waals surface area contributed by atoms with Gasteiger partial charge < -0.3 is 9.47 Å². The lowest BCUT2D eigenvalue weighted by Crippen LogP contribution is -1.93. The Kier molecular flexibility index (Phi) is 8.11. The molecule has 0 bridgehead atoms. The van der Waals surface area contributed by atoms with E-state index in [1.165, 1.54) is 50.5 Å². The van der Waals surface area contributed by atoms with Crippen molar-refractivity contribution in [2.75, 3.05) is 14.2 Å². The lowest BCUT2D eigenvalue weighted by molar-refractivity contribution is 0.354. The molecule has 0 fully saturated rings. The Hall–Kier alpha value is -1.18. The van der Waals surface area contributed by atoms with E-state index in [1.54, 1.807) is 14.2 Å². The van der Waals surface area contributed by atoms with Crippen LogP contribution in [0.15, 0.2) is 18.2 Å². The number of benzene rings is 1. The Morgan fingerprint density at radius 2 is 1.42 bits per heavy atom. The second-order valence-electron chi connectivity index (χ2n) is 5.06. The molecule has 0 aliphatic carbocycles. The fourth-order valence-corrected chi connectivity index (χ4v) is 2.32. The van der Waals surface area contributed by atoms with E-state index in [0.29, 0.717) is 0 Å². The van der Waals surface area contributed by atoms with Gasteiger partial charge in [-0.05, 0) is 30.5 Å². The summed E-state index contributed by atoms with van der Waals surface area (Å²) in [5, 5.41) is 0. The van der Waals surface area contributed by atoms with E-state index in [2.05, 4.69) is 19.1 Å². The van der Waals surface area contributed by atoms with E-state index in [1.807, 2.05) is 6.07 Å². The number of hydrogen-bond donors (Lipinski definition) is 0. The van der Waals surface area contributed by atoms with Crippen molar-refractivity contribution in [3.05, 3.63) is 23.8 Å². The van der Waals surface area contributed by atoms with E-state index in [4.69, 9.17) is 9.47 Å². The number of aryl methyl sites for hydroxylation is 1.